The molecule has 2 aromatic carbocycles. The van der Waals surface area contributed by atoms with E-state index >= 15 is 0 Å². The molecule has 2 aromatic rings. The first-order chi connectivity index (χ1) is 10.7. The zero-order valence-electron chi connectivity index (χ0n) is 12.4. The average molecular weight is 301 g/mol. The van der Waals surface area contributed by atoms with Crippen molar-refractivity contribution in [3.63, 3.8) is 0 Å². The first-order valence-electron chi connectivity index (χ1n) is 6.94. The van der Waals surface area contributed by atoms with Crippen LogP contribution >= 0.6 is 0 Å². The number of aliphatic hydroxyl groups is 1. The fourth-order valence-corrected chi connectivity index (χ4v) is 2.03. The van der Waals surface area contributed by atoms with Gasteiger partial charge >= 0.3 is 0 Å². The second-order valence-corrected chi connectivity index (χ2v) is 4.73. The molecule has 1 unspecified atom stereocenters. The molecule has 0 saturated heterocycles. The molecule has 0 bridgehead atoms. The molecule has 5 heteroatoms. The molecule has 2 N–H and O–H groups in total. The predicted octanol–water partition coefficient (Wildman–Crippen LogP) is 2.05. The number of rotatable bonds is 8. The van der Waals surface area contributed by atoms with Crippen molar-refractivity contribution < 1.29 is 19.4 Å². The van der Waals surface area contributed by atoms with Crippen LogP contribution in [-0.2, 0) is 11.4 Å². The van der Waals surface area contributed by atoms with Crippen molar-refractivity contribution in [3.05, 3.63) is 59.7 Å². The minimum Gasteiger partial charge on any atom is -0.493 e. The minimum atomic E-state index is -0.796. The normalized spacial score (nSPS) is 11.5. The Hall–Kier alpha value is -2.53. The number of hydrogen-bond donors (Lipinski definition) is 2. The summed E-state index contributed by atoms with van der Waals surface area (Å²) in [5, 5.41) is 12.5. The molecule has 116 valence electrons. The number of benzene rings is 2. The summed E-state index contributed by atoms with van der Waals surface area (Å²) in [6, 6.07) is 15.0. The van der Waals surface area contributed by atoms with Gasteiger partial charge in [0.1, 0.15) is 6.61 Å². The van der Waals surface area contributed by atoms with E-state index in [4.69, 9.17) is 9.47 Å². The van der Waals surface area contributed by atoms with Gasteiger partial charge in [-0.25, -0.2) is 0 Å². The Morgan fingerprint density at radius 2 is 1.95 bits per heavy atom. The first-order valence-corrected chi connectivity index (χ1v) is 6.94. The molecule has 0 fully saturated rings. The van der Waals surface area contributed by atoms with Gasteiger partial charge in [-0.3, -0.25) is 4.79 Å². The molecule has 22 heavy (non-hydrogen) atoms. The lowest BCUT2D eigenvalue weighted by Gasteiger charge is -2.15. The van der Waals surface area contributed by atoms with E-state index in [0.717, 1.165) is 5.56 Å². The van der Waals surface area contributed by atoms with E-state index in [2.05, 4.69) is 5.32 Å². The van der Waals surface area contributed by atoms with E-state index in [1.165, 1.54) is 0 Å². The monoisotopic (exact) mass is 301 g/mol. The number of ether oxygens (including phenoxy) is 2. The third-order valence-corrected chi connectivity index (χ3v) is 3.20. The largest absolute Gasteiger partial charge is 0.493 e. The molecule has 0 saturated carbocycles. The molecule has 0 spiro atoms. The number of hydrogen-bond acceptors (Lipinski definition) is 4. The summed E-state index contributed by atoms with van der Waals surface area (Å²) in [6.45, 7) is 0.553. The quantitative estimate of drug-likeness (QED) is 0.732. The van der Waals surface area contributed by atoms with E-state index in [1.807, 2.05) is 30.3 Å². The Morgan fingerprint density at radius 3 is 2.64 bits per heavy atom. The SMILES string of the molecule is COc1ccc(C(O)CNC=O)cc1OCc1ccccc1. The Morgan fingerprint density at radius 1 is 1.18 bits per heavy atom. The molecule has 0 aromatic heterocycles. The third kappa shape index (κ3) is 4.23. The van der Waals surface area contributed by atoms with Crippen molar-refractivity contribution >= 4 is 6.41 Å². The molecule has 0 radical (unpaired) electrons. The van der Waals surface area contributed by atoms with E-state index < -0.39 is 6.10 Å². The van der Waals surface area contributed by atoms with Crippen molar-refractivity contribution in [1.82, 2.24) is 5.32 Å². The van der Waals surface area contributed by atoms with Crippen LogP contribution in [0.15, 0.2) is 48.5 Å². The Bertz CT molecular complexity index is 601. The highest BCUT2D eigenvalue weighted by atomic mass is 16.5. The van der Waals surface area contributed by atoms with Gasteiger partial charge < -0.3 is 19.9 Å². The molecule has 0 aliphatic carbocycles. The predicted molar refractivity (Wildman–Crippen MR) is 82.8 cm³/mol. The Balaban J connectivity index is 2.12. The second-order valence-electron chi connectivity index (χ2n) is 4.73. The van der Waals surface area contributed by atoms with Crippen LogP contribution in [0.5, 0.6) is 11.5 Å². The molecular formula is C17H19NO4. The fraction of sp³-hybridized carbons (Fsp3) is 0.235. The highest BCUT2D eigenvalue weighted by Crippen LogP contribution is 2.30. The number of carbonyl (C=O) groups is 1. The van der Waals surface area contributed by atoms with Crippen LogP contribution in [-0.4, -0.2) is 25.2 Å². The van der Waals surface area contributed by atoms with Crippen LogP contribution in [0.4, 0.5) is 0 Å². The lowest BCUT2D eigenvalue weighted by Crippen LogP contribution is -2.19. The van der Waals surface area contributed by atoms with Crippen LogP contribution < -0.4 is 14.8 Å². The van der Waals surface area contributed by atoms with E-state index in [1.54, 1.807) is 25.3 Å². The molecule has 0 aliphatic rings. The molecule has 1 atom stereocenters. The third-order valence-electron chi connectivity index (χ3n) is 3.20. The van der Waals surface area contributed by atoms with Gasteiger partial charge in [-0.15, -0.1) is 0 Å². The fourth-order valence-electron chi connectivity index (χ4n) is 2.03. The van der Waals surface area contributed by atoms with Gasteiger partial charge in [0.15, 0.2) is 11.5 Å². The van der Waals surface area contributed by atoms with Crippen molar-refractivity contribution in [2.75, 3.05) is 13.7 Å². The van der Waals surface area contributed by atoms with Gasteiger partial charge in [0.05, 0.1) is 13.2 Å². The van der Waals surface area contributed by atoms with Crippen LogP contribution in [0.2, 0.25) is 0 Å². The van der Waals surface area contributed by atoms with Crippen LogP contribution in [0.1, 0.15) is 17.2 Å². The molecule has 2 rings (SSSR count). The summed E-state index contributed by atoms with van der Waals surface area (Å²) < 4.78 is 11.1. The summed E-state index contributed by atoms with van der Waals surface area (Å²) in [4.78, 5) is 10.3. The van der Waals surface area contributed by atoms with E-state index in [9.17, 15) is 9.90 Å². The highest BCUT2D eigenvalue weighted by Gasteiger charge is 2.12. The van der Waals surface area contributed by atoms with Crippen molar-refractivity contribution in [3.8, 4) is 11.5 Å². The van der Waals surface area contributed by atoms with Crippen molar-refractivity contribution in [2.24, 2.45) is 0 Å². The van der Waals surface area contributed by atoms with Crippen LogP contribution in [0.25, 0.3) is 0 Å². The van der Waals surface area contributed by atoms with Crippen LogP contribution in [0, 0.1) is 0 Å². The van der Waals surface area contributed by atoms with Gasteiger partial charge in [0, 0.05) is 6.54 Å². The Labute approximate surface area is 129 Å². The molecular weight excluding hydrogens is 282 g/mol. The second kappa shape index (κ2) is 8.05. The molecule has 0 heterocycles. The standard InChI is InChI=1S/C17H19NO4/c1-21-16-8-7-14(15(20)10-18-12-19)9-17(16)22-11-13-5-3-2-4-6-13/h2-9,12,15,20H,10-11H2,1H3,(H,18,19). The van der Waals surface area contributed by atoms with Gasteiger partial charge in [-0.2, -0.15) is 0 Å². The number of carbonyl (C=O) groups excluding carboxylic acids is 1. The molecule has 5 nitrogen and oxygen atoms in total. The smallest absolute Gasteiger partial charge is 0.207 e. The topological polar surface area (TPSA) is 67.8 Å². The number of aliphatic hydroxyl groups excluding tert-OH is 1. The van der Waals surface area contributed by atoms with E-state index in [-0.39, 0.29) is 6.54 Å². The average Bonchev–Trinajstić information content (AvgIpc) is 2.58. The lowest BCUT2D eigenvalue weighted by atomic mass is 10.1. The van der Waals surface area contributed by atoms with E-state index in [0.29, 0.717) is 30.1 Å². The maximum absolute atomic E-state index is 10.3. The summed E-state index contributed by atoms with van der Waals surface area (Å²) in [6.07, 6.45) is -0.241. The number of amides is 1. The number of nitrogens with one attached hydrogen (secondary N) is 1. The summed E-state index contributed by atoms with van der Waals surface area (Å²) in [7, 11) is 1.56. The Kier molecular flexibility index (Phi) is 5.80. The van der Waals surface area contributed by atoms with Gasteiger partial charge in [-0.05, 0) is 23.3 Å². The van der Waals surface area contributed by atoms with Crippen molar-refractivity contribution in [1.29, 1.82) is 0 Å². The van der Waals surface area contributed by atoms with Gasteiger partial charge in [0.2, 0.25) is 6.41 Å². The minimum absolute atomic E-state index is 0.147. The summed E-state index contributed by atoms with van der Waals surface area (Å²) >= 11 is 0. The van der Waals surface area contributed by atoms with Gasteiger partial charge in [0.25, 0.3) is 0 Å². The molecule has 1 amide bonds. The highest BCUT2D eigenvalue weighted by molar-refractivity contribution is 5.47. The zero-order chi connectivity index (χ0) is 15.8. The molecule has 0 aliphatic heterocycles. The number of methoxy groups -OCH3 is 1. The maximum atomic E-state index is 10.3. The zero-order valence-corrected chi connectivity index (χ0v) is 12.4. The maximum Gasteiger partial charge on any atom is 0.207 e. The van der Waals surface area contributed by atoms with Crippen molar-refractivity contribution in [2.45, 2.75) is 12.7 Å². The summed E-state index contributed by atoms with van der Waals surface area (Å²) in [5.41, 5.74) is 1.69. The van der Waals surface area contributed by atoms with Crippen LogP contribution in [0.3, 0.4) is 0 Å². The first kappa shape index (κ1) is 15.9. The lowest BCUT2D eigenvalue weighted by molar-refractivity contribution is -0.109. The summed E-state index contributed by atoms with van der Waals surface area (Å²) in [5.74, 6) is 1.14. The van der Waals surface area contributed by atoms with Gasteiger partial charge in [-0.1, -0.05) is 36.4 Å².